The minimum absolute atomic E-state index is 0.0139. The first kappa shape index (κ1) is 28.5. The third-order valence-electron chi connectivity index (χ3n) is 5.34. The highest BCUT2D eigenvalue weighted by atomic mass is 35.5. The summed E-state index contributed by atoms with van der Waals surface area (Å²) in [6, 6.07) is 16.6. The van der Waals surface area contributed by atoms with Crippen LogP contribution in [0.1, 0.15) is 36.5 Å². The van der Waals surface area contributed by atoms with Gasteiger partial charge in [0.1, 0.15) is 23.2 Å². The van der Waals surface area contributed by atoms with Gasteiger partial charge in [0.25, 0.3) is 5.91 Å². The maximum absolute atomic E-state index is 13.6. The number of benzene rings is 2. The van der Waals surface area contributed by atoms with Crippen LogP contribution in [0.25, 0.3) is 6.08 Å². The molecule has 2 aromatic carbocycles. The number of nitrogens with zero attached hydrogens (tertiary/aromatic N) is 2. The zero-order chi connectivity index (χ0) is 27.2. The van der Waals surface area contributed by atoms with Gasteiger partial charge in [0.2, 0.25) is 10.0 Å². The van der Waals surface area contributed by atoms with Crippen LogP contribution in [0.5, 0.6) is 0 Å². The lowest BCUT2D eigenvalue weighted by Crippen LogP contribution is -2.30. The van der Waals surface area contributed by atoms with Crippen LogP contribution >= 0.6 is 23.2 Å². The number of nitrogens with one attached hydrogen (secondary N) is 1. The Morgan fingerprint density at radius 3 is 2.41 bits per heavy atom. The molecule has 0 radical (unpaired) electrons. The van der Waals surface area contributed by atoms with E-state index in [4.69, 9.17) is 27.6 Å². The van der Waals surface area contributed by atoms with Crippen molar-refractivity contribution in [3.63, 3.8) is 0 Å². The van der Waals surface area contributed by atoms with Gasteiger partial charge in [-0.1, -0.05) is 60.8 Å². The summed E-state index contributed by atoms with van der Waals surface area (Å²) in [5.41, 5.74) is 1.47. The Bertz CT molecular complexity index is 1440. The van der Waals surface area contributed by atoms with Gasteiger partial charge in [-0.2, -0.15) is 9.57 Å². The van der Waals surface area contributed by atoms with Crippen molar-refractivity contribution in [2.75, 3.05) is 6.54 Å². The van der Waals surface area contributed by atoms with E-state index in [0.29, 0.717) is 27.9 Å². The quantitative estimate of drug-likeness (QED) is 0.243. The van der Waals surface area contributed by atoms with Crippen molar-refractivity contribution in [2.24, 2.45) is 5.92 Å². The molecule has 7 nitrogen and oxygen atoms in total. The maximum atomic E-state index is 13.6. The predicted octanol–water partition coefficient (Wildman–Crippen LogP) is 5.97. The SMILES string of the molecule is Cc1ccc(S(=O)(=O)N(Cc2ccc(Cl)c(Cl)c2)Cc2ccc(/C=C(/C#N)C(=O)NCC(C)C)o2)cc1. The zero-order valence-corrected chi connectivity index (χ0v) is 23.0. The smallest absolute Gasteiger partial charge is 0.262 e. The summed E-state index contributed by atoms with van der Waals surface area (Å²) >= 11 is 12.2. The average molecular weight is 561 g/mol. The highest BCUT2D eigenvalue weighted by Crippen LogP contribution is 2.27. The van der Waals surface area contributed by atoms with E-state index in [1.165, 1.54) is 10.4 Å². The van der Waals surface area contributed by atoms with Crippen molar-refractivity contribution in [1.29, 1.82) is 5.26 Å². The van der Waals surface area contributed by atoms with E-state index < -0.39 is 15.9 Å². The lowest BCUT2D eigenvalue weighted by Gasteiger charge is -2.22. The largest absolute Gasteiger partial charge is 0.460 e. The molecular formula is C27H27Cl2N3O4S. The molecule has 3 aromatic rings. The number of amides is 1. The molecule has 0 aliphatic carbocycles. The van der Waals surface area contributed by atoms with Gasteiger partial charge in [-0.05, 0) is 54.8 Å². The highest BCUT2D eigenvalue weighted by Gasteiger charge is 2.26. The molecule has 1 aromatic heterocycles. The van der Waals surface area contributed by atoms with E-state index in [1.807, 2.05) is 26.8 Å². The van der Waals surface area contributed by atoms with Crippen LogP contribution in [-0.2, 0) is 27.9 Å². The van der Waals surface area contributed by atoms with Gasteiger partial charge in [0, 0.05) is 19.2 Å². The number of nitriles is 1. The summed E-state index contributed by atoms with van der Waals surface area (Å²) in [6.07, 6.45) is 1.33. The van der Waals surface area contributed by atoms with Crippen LogP contribution in [0, 0.1) is 24.2 Å². The first-order valence-electron chi connectivity index (χ1n) is 11.5. The molecule has 1 N–H and O–H groups in total. The normalized spacial score (nSPS) is 12.1. The molecular weight excluding hydrogens is 533 g/mol. The van der Waals surface area contributed by atoms with Crippen LogP contribution in [0.4, 0.5) is 0 Å². The summed E-state index contributed by atoms with van der Waals surface area (Å²) in [5.74, 6) is 0.323. The molecule has 0 spiro atoms. The molecule has 0 bridgehead atoms. The lowest BCUT2D eigenvalue weighted by molar-refractivity contribution is -0.117. The van der Waals surface area contributed by atoms with Crippen molar-refractivity contribution >= 4 is 45.2 Å². The lowest BCUT2D eigenvalue weighted by atomic mass is 10.2. The maximum Gasteiger partial charge on any atom is 0.262 e. The summed E-state index contributed by atoms with van der Waals surface area (Å²) in [6.45, 7) is 6.13. The van der Waals surface area contributed by atoms with Gasteiger partial charge in [-0.3, -0.25) is 4.79 Å². The number of furan rings is 1. The Morgan fingerprint density at radius 2 is 1.78 bits per heavy atom. The molecule has 194 valence electrons. The van der Waals surface area contributed by atoms with E-state index in [0.717, 1.165) is 5.56 Å². The fourth-order valence-electron chi connectivity index (χ4n) is 3.34. The van der Waals surface area contributed by atoms with Gasteiger partial charge in [0.15, 0.2) is 0 Å². The molecule has 1 heterocycles. The minimum Gasteiger partial charge on any atom is -0.460 e. The van der Waals surface area contributed by atoms with E-state index in [-0.39, 0.29) is 35.2 Å². The molecule has 0 aliphatic heterocycles. The van der Waals surface area contributed by atoms with Crippen LogP contribution in [0.15, 0.2) is 69.5 Å². The fourth-order valence-corrected chi connectivity index (χ4v) is 5.06. The molecule has 0 unspecified atom stereocenters. The number of hydrogen-bond donors (Lipinski definition) is 1. The first-order chi connectivity index (χ1) is 17.5. The number of carbonyl (C=O) groups is 1. The van der Waals surface area contributed by atoms with Gasteiger partial charge < -0.3 is 9.73 Å². The number of hydrogen-bond acceptors (Lipinski definition) is 5. The van der Waals surface area contributed by atoms with Crippen molar-refractivity contribution in [2.45, 2.75) is 38.8 Å². The Balaban J connectivity index is 1.90. The number of sulfonamides is 1. The summed E-state index contributed by atoms with van der Waals surface area (Å²) in [5, 5.41) is 12.8. The minimum atomic E-state index is -3.92. The Labute approximate surface area is 227 Å². The van der Waals surface area contributed by atoms with Gasteiger partial charge in [-0.25, -0.2) is 8.42 Å². The molecule has 1 amide bonds. The van der Waals surface area contributed by atoms with Crippen molar-refractivity contribution in [1.82, 2.24) is 9.62 Å². The Hall–Kier alpha value is -3.09. The van der Waals surface area contributed by atoms with Crippen molar-refractivity contribution in [3.05, 3.63) is 92.9 Å². The van der Waals surface area contributed by atoms with Crippen LogP contribution in [0.2, 0.25) is 10.0 Å². The Kier molecular flexibility index (Phi) is 9.57. The molecule has 0 fully saturated rings. The highest BCUT2D eigenvalue weighted by molar-refractivity contribution is 7.89. The average Bonchev–Trinajstić information content (AvgIpc) is 3.30. The second-order valence-corrected chi connectivity index (χ2v) is 11.7. The monoisotopic (exact) mass is 559 g/mol. The van der Waals surface area contributed by atoms with E-state index in [2.05, 4.69) is 5.32 Å². The van der Waals surface area contributed by atoms with E-state index >= 15 is 0 Å². The number of rotatable bonds is 10. The Morgan fingerprint density at radius 1 is 1.08 bits per heavy atom. The third kappa shape index (κ3) is 7.70. The number of aryl methyl sites for hydroxylation is 1. The predicted molar refractivity (Wildman–Crippen MR) is 144 cm³/mol. The second kappa shape index (κ2) is 12.4. The molecule has 3 rings (SSSR count). The summed E-state index contributed by atoms with van der Waals surface area (Å²) in [4.78, 5) is 12.4. The van der Waals surface area contributed by atoms with Gasteiger partial charge >= 0.3 is 0 Å². The third-order valence-corrected chi connectivity index (χ3v) is 7.88. The fraction of sp³-hybridized carbons (Fsp3) is 0.259. The van der Waals surface area contributed by atoms with E-state index in [9.17, 15) is 18.5 Å². The van der Waals surface area contributed by atoms with Crippen LogP contribution in [-0.4, -0.2) is 25.2 Å². The molecule has 0 saturated carbocycles. The van der Waals surface area contributed by atoms with Gasteiger partial charge in [0.05, 0.1) is 21.5 Å². The molecule has 0 atom stereocenters. The molecule has 0 saturated heterocycles. The second-order valence-electron chi connectivity index (χ2n) is 8.91. The zero-order valence-electron chi connectivity index (χ0n) is 20.7. The van der Waals surface area contributed by atoms with Gasteiger partial charge in [-0.15, -0.1) is 0 Å². The standard InChI is InChI=1S/C27H27Cl2N3O4S/c1-18(2)15-31-27(33)21(14-30)13-22-7-8-23(36-22)17-32(16-20-6-11-25(28)26(29)12-20)37(34,35)24-9-4-19(3)5-10-24/h4-13,18H,15-17H2,1-3H3,(H,31,33)/b21-13-. The summed E-state index contributed by atoms with van der Waals surface area (Å²) < 4.78 is 34.2. The first-order valence-corrected chi connectivity index (χ1v) is 13.7. The van der Waals surface area contributed by atoms with Crippen LogP contribution in [0.3, 0.4) is 0 Å². The molecule has 10 heteroatoms. The van der Waals surface area contributed by atoms with Crippen molar-refractivity contribution in [3.8, 4) is 6.07 Å². The summed E-state index contributed by atoms with van der Waals surface area (Å²) in [7, 11) is -3.92. The van der Waals surface area contributed by atoms with Crippen LogP contribution < -0.4 is 5.32 Å². The topological polar surface area (TPSA) is 103 Å². The number of halogens is 2. The molecule has 37 heavy (non-hydrogen) atoms. The van der Waals surface area contributed by atoms with E-state index in [1.54, 1.807) is 54.6 Å². The number of carbonyl (C=O) groups excluding carboxylic acids is 1. The molecule has 0 aliphatic rings. The van der Waals surface area contributed by atoms with Crippen molar-refractivity contribution < 1.29 is 17.6 Å².